The Kier molecular flexibility index (Phi) is 5.16. The Bertz CT molecular complexity index is 1240. The Morgan fingerprint density at radius 3 is 2.49 bits per heavy atom. The van der Waals surface area contributed by atoms with Gasteiger partial charge in [-0.05, 0) is 54.4 Å². The van der Waals surface area contributed by atoms with Crippen LogP contribution in [-0.2, 0) is 16.0 Å². The highest BCUT2D eigenvalue weighted by molar-refractivity contribution is 6.18. The van der Waals surface area contributed by atoms with Gasteiger partial charge in [-0.3, -0.25) is 9.59 Å². The van der Waals surface area contributed by atoms with Crippen molar-refractivity contribution in [1.29, 1.82) is 0 Å². The molecule has 6 heteroatoms. The van der Waals surface area contributed by atoms with Gasteiger partial charge in [0.2, 0.25) is 0 Å². The van der Waals surface area contributed by atoms with E-state index in [1.807, 2.05) is 53.7 Å². The molecule has 1 saturated heterocycles. The number of ketones is 2. The molecule has 1 spiro atoms. The molecule has 4 bridgehead atoms. The number of allylic oxidation sites excluding steroid dienone is 4. The highest BCUT2D eigenvalue weighted by Crippen LogP contribution is 2.68. The molecule has 0 aromatic heterocycles. The first-order valence-electron chi connectivity index (χ1n) is 12.3. The van der Waals surface area contributed by atoms with Gasteiger partial charge in [0.15, 0.2) is 22.8 Å². The lowest BCUT2D eigenvalue weighted by molar-refractivity contribution is -0.171. The summed E-state index contributed by atoms with van der Waals surface area (Å²) in [6.07, 6.45) is 7.06. The molecule has 2 aliphatic heterocycles. The highest BCUT2D eigenvalue weighted by Gasteiger charge is 2.81. The Morgan fingerprint density at radius 1 is 1.17 bits per heavy atom. The molecule has 3 aliphatic carbocycles. The quantitative estimate of drug-likeness (QED) is 0.581. The van der Waals surface area contributed by atoms with Crippen LogP contribution in [-0.4, -0.2) is 40.6 Å². The Balaban J connectivity index is 1.82. The van der Waals surface area contributed by atoms with Crippen LogP contribution in [0.4, 0.5) is 0 Å². The summed E-state index contributed by atoms with van der Waals surface area (Å²) in [6.45, 7) is 11.9. The van der Waals surface area contributed by atoms with Crippen LogP contribution >= 0.6 is 0 Å². The molecule has 5 aliphatic rings. The van der Waals surface area contributed by atoms with E-state index in [1.165, 1.54) is 13.2 Å². The van der Waals surface area contributed by atoms with Gasteiger partial charge < -0.3 is 19.3 Å². The molecular weight excluding hydrogens is 444 g/mol. The van der Waals surface area contributed by atoms with E-state index in [4.69, 9.17) is 14.2 Å². The molecule has 6 nitrogen and oxygen atoms in total. The molecule has 1 aromatic carbocycles. The second-order valence-electron chi connectivity index (χ2n) is 11.3. The van der Waals surface area contributed by atoms with Crippen molar-refractivity contribution in [2.24, 2.45) is 11.8 Å². The molecule has 186 valence electrons. The predicted octanol–water partition coefficient (Wildman–Crippen LogP) is 5.27. The van der Waals surface area contributed by atoms with Crippen molar-refractivity contribution in [3.05, 3.63) is 52.1 Å². The molecule has 1 saturated carbocycles. The van der Waals surface area contributed by atoms with Crippen LogP contribution < -0.4 is 9.47 Å². The van der Waals surface area contributed by atoms with E-state index in [0.717, 1.165) is 11.1 Å². The largest absolute Gasteiger partial charge is 0.507 e. The van der Waals surface area contributed by atoms with Crippen molar-refractivity contribution in [2.45, 2.75) is 77.6 Å². The number of phenols is 1. The zero-order valence-corrected chi connectivity index (χ0v) is 21.6. The summed E-state index contributed by atoms with van der Waals surface area (Å²) in [5.41, 5.74) is 0.169. The number of carbonyl (C=O) groups is 2. The minimum Gasteiger partial charge on any atom is -0.507 e. The Morgan fingerprint density at radius 2 is 1.86 bits per heavy atom. The van der Waals surface area contributed by atoms with E-state index < -0.39 is 22.7 Å². The van der Waals surface area contributed by atoms with E-state index in [9.17, 15) is 14.7 Å². The van der Waals surface area contributed by atoms with Crippen molar-refractivity contribution in [2.75, 3.05) is 7.11 Å². The summed E-state index contributed by atoms with van der Waals surface area (Å²) in [7, 11) is 1.47. The molecule has 2 fully saturated rings. The topological polar surface area (TPSA) is 82.1 Å². The summed E-state index contributed by atoms with van der Waals surface area (Å²) in [5, 5.41) is 11.0. The summed E-state index contributed by atoms with van der Waals surface area (Å²) in [6, 6.07) is 1.48. The standard InChI is InChI=1S/C29H34O6/c1-15(2)8-9-18-20(30)14-21(33-7)23-24(31)19-12-17-13-22-27(5,6)35-28(26(17)32,11-10-16(3)4)29(19,22)34-25(18)23/h8,10,12,14,17,22,30H,9,11,13H2,1-7H3/t17-,22+,28-,29-/m1/s1. The van der Waals surface area contributed by atoms with Gasteiger partial charge in [-0.1, -0.05) is 29.4 Å². The van der Waals surface area contributed by atoms with E-state index in [1.54, 1.807) is 6.08 Å². The van der Waals surface area contributed by atoms with Crippen LogP contribution in [0.3, 0.4) is 0 Å². The molecular formula is C29H34O6. The lowest BCUT2D eigenvalue weighted by Gasteiger charge is -2.56. The SMILES string of the molecule is COc1cc(O)c(CC=C(C)C)c2c1C(=O)C1=C[C@@H]3C[C@H]4C(C)(C)O[C@](CC=C(C)C)(C3=O)[C@@]14O2. The predicted molar refractivity (Wildman–Crippen MR) is 132 cm³/mol. The number of rotatable bonds is 5. The van der Waals surface area contributed by atoms with Gasteiger partial charge in [0.05, 0.1) is 12.7 Å². The zero-order valence-electron chi connectivity index (χ0n) is 21.6. The monoisotopic (exact) mass is 478 g/mol. The van der Waals surface area contributed by atoms with Crippen molar-refractivity contribution < 1.29 is 28.9 Å². The van der Waals surface area contributed by atoms with E-state index in [-0.39, 0.29) is 29.0 Å². The number of fused-ring (bicyclic) bond motifs is 1. The first-order valence-corrected chi connectivity index (χ1v) is 12.3. The summed E-state index contributed by atoms with van der Waals surface area (Å²) >= 11 is 0. The van der Waals surface area contributed by atoms with Crippen molar-refractivity contribution in [3.63, 3.8) is 0 Å². The van der Waals surface area contributed by atoms with Crippen LogP contribution in [0.1, 0.15) is 70.3 Å². The van der Waals surface area contributed by atoms with Gasteiger partial charge in [0.25, 0.3) is 0 Å². The third kappa shape index (κ3) is 2.98. The summed E-state index contributed by atoms with van der Waals surface area (Å²) in [5.74, 6) is -0.296. The van der Waals surface area contributed by atoms with Crippen LogP contribution in [0.25, 0.3) is 0 Å². The number of Topliss-reactive ketones (excluding diaryl/α,β-unsaturated/α-hetero) is 2. The fourth-order valence-corrected chi connectivity index (χ4v) is 6.63. The molecule has 1 N–H and O–H groups in total. The lowest BCUT2D eigenvalue weighted by atomic mass is 9.51. The molecule has 35 heavy (non-hydrogen) atoms. The second-order valence-corrected chi connectivity index (χ2v) is 11.3. The maximum Gasteiger partial charge on any atom is 0.200 e. The highest BCUT2D eigenvalue weighted by atomic mass is 16.6. The van der Waals surface area contributed by atoms with Gasteiger partial charge in [-0.2, -0.15) is 0 Å². The molecule has 1 aromatic rings. The van der Waals surface area contributed by atoms with E-state index in [0.29, 0.717) is 41.7 Å². The first-order chi connectivity index (χ1) is 16.4. The molecule has 6 rings (SSSR count). The van der Waals surface area contributed by atoms with Crippen molar-refractivity contribution in [3.8, 4) is 17.2 Å². The number of hydrogen-bond donors (Lipinski definition) is 1. The van der Waals surface area contributed by atoms with Crippen LogP contribution in [0.5, 0.6) is 17.2 Å². The van der Waals surface area contributed by atoms with Crippen molar-refractivity contribution >= 4 is 11.6 Å². The number of hydrogen-bond acceptors (Lipinski definition) is 6. The van der Waals surface area contributed by atoms with Gasteiger partial charge in [-0.15, -0.1) is 0 Å². The smallest absolute Gasteiger partial charge is 0.200 e. The number of ether oxygens (including phenoxy) is 3. The molecule has 2 heterocycles. The van der Waals surface area contributed by atoms with Crippen LogP contribution in [0.2, 0.25) is 0 Å². The average Bonchev–Trinajstić information content (AvgIpc) is 2.93. The first kappa shape index (κ1) is 23.9. The maximum atomic E-state index is 14.2. The Labute approximate surface area is 206 Å². The van der Waals surface area contributed by atoms with Gasteiger partial charge in [0.1, 0.15) is 22.8 Å². The minimum atomic E-state index is -1.31. The third-order valence-electron chi connectivity index (χ3n) is 8.15. The number of benzene rings is 1. The fraction of sp³-hybridized carbons (Fsp3) is 0.517. The average molecular weight is 479 g/mol. The van der Waals surface area contributed by atoms with E-state index >= 15 is 0 Å². The maximum absolute atomic E-state index is 14.2. The lowest BCUT2D eigenvalue weighted by Crippen LogP contribution is -2.72. The molecule has 0 unspecified atom stereocenters. The second kappa shape index (κ2) is 7.57. The molecule has 0 radical (unpaired) electrons. The van der Waals surface area contributed by atoms with Crippen molar-refractivity contribution in [1.82, 2.24) is 0 Å². The van der Waals surface area contributed by atoms with E-state index in [2.05, 4.69) is 0 Å². The fourth-order valence-electron chi connectivity index (χ4n) is 6.63. The number of aromatic hydroxyl groups is 1. The molecule has 0 amide bonds. The third-order valence-corrected chi connectivity index (χ3v) is 8.15. The number of phenolic OH excluding ortho intramolecular Hbond substituents is 1. The van der Waals surface area contributed by atoms with Crippen LogP contribution in [0, 0.1) is 11.8 Å². The minimum absolute atomic E-state index is 0.00331. The number of methoxy groups -OCH3 is 1. The zero-order chi connectivity index (χ0) is 25.5. The van der Waals surface area contributed by atoms with Crippen LogP contribution in [0.15, 0.2) is 41.0 Å². The normalized spacial score (nSPS) is 31.2. The van der Waals surface area contributed by atoms with Gasteiger partial charge in [-0.25, -0.2) is 0 Å². The molecule has 4 atom stereocenters. The Hall–Kier alpha value is -2.86. The van der Waals surface area contributed by atoms with Gasteiger partial charge >= 0.3 is 0 Å². The number of carbonyl (C=O) groups excluding carboxylic acids is 2. The van der Waals surface area contributed by atoms with Gasteiger partial charge in [0, 0.05) is 35.5 Å². The summed E-state index contributed by atoms with van der Waals surface area (Å²) in [4.78, 5) is 28.2. The summed E-state index contributed by atoms with van der Waals surface area (Å²) < 4.78 is 19.2.